The smallest absolute Gasteiger partial charge is 0.277 e. The van der Waals surface area contributed by atoms with Crippen LogP contribution in [0.5, 0.6) is 0 Å². The first-order valence-corrected chi connectivity index (χ1v) is 9.00. The minimum Gasteiger partial charge on any atom is -0.414 e. The van der Waals surface area contributed by atoms with Crippen molar-refractivity contribution in [3.63, 3.8) is 0 Å². The van der Waals surface area contributed by atoms with Gasteiger partial charge in [0, 0.05) is 10.7 Å². The first kappa shape index (κ1) is 18.1. The normalized spacial score (nSPS) is 10.8. The number of aromatic nitrogens is 4. The van der Waals surface area contributed by atoms with Crippen molar-refractivity contribution in [3.05, 3.63) is 51.8 Å². The summed E-state index contributed by atoms with van der Waals surface area (Å²) in [5.41, 5.74) is 0.660. The number of nitrogens with zero attached hydrogens (tertiary/aromatic N) is 4. The fourth-order valence-electron chi connectivity index (χ4n) is 1.82. The van der Waals surface area contributed by atoms with E-state index in [9.17, 15) is 4.79 Å². The third-order valence-electron chi connectivity index (χ3n) is 2.94. The first-order valence-electron chi connectivity index (χ1n) is 6.88. The molecule has 1 N–H and O–H groups in total. The van der Waals surface area contributed by atoms with Crippen LogP contribution in [0.2, 0.25) is 15.3 Å². The zero-order chi connectivity index (χ0) is 17.8. The predicted molar refractivity (Wildman–Crippen MR) is 96.5 cm³/mol. The number of thioether (sulfide) groups is 1. The van der Waals surface area contributed by atoms with Crippen LogP contribution in [0.4, 0.5) is 5.69 Å². The van der Waals surface area contributed by atoms with Gasteiger partial charge in [0.2, 0.25) is 11.8 Å². The molecule has 0 saturated heterocycles. The van der Waals surface area contributed by atoms with E-state index in [1.165, 1.54) is 6.33 Å². The summed E-state index contributed by atoms with van der Waals surface area (Å²) < 4.78 is 7.03. The molecule has 1 amide bonds. The van der Waals surface area contributed by atoms with Crippen LogP contribution in [0.1, 0.15) is 5.89 Å². The molecule has 11 heteroatoms. The maximum absolute atomic E-state index is 11.9. The number of carbonyl (C=O) groups excluding carboxylic acids is 1. The number of imidazole rings is 1. The molecule has 0 radical (unpaired) electrons. The van der Waals surface area contributed by atoms with E-state index in [4.69, 9.17) is 39.2 Å². The number of amides is 1. The van der Waals surface area contributed by atoms with Crippen molar-refractivity contribution >= 4 is 58.2 Å². The Labute approximate surface area is 161 Å². The standard InChI is InChI=1S/C14H10Cl3N5O2S/c15-8-1-3-9(4-2-8)19-10(23)6-25-14-21-20-11(24-14)5-22-7-18-12(16)13(22)17/h1-4,7H,5-6H2,(H,19,23). The molecule has 25 heavy (non-hydrogen) atoms. The lowest BCUT2D eigenvalue weighted by Gasteiger charge is -2.03. The third kappa shape index (κ3) is 4.88. The van der Waals surface area contributed by atoms with Gasteiger partial charge < -0.3 is 14.3 Å². The lowest BCUT2D eigenvalue weighted by Crippen LogP contribution is -2.13. The van der Waals surface area contributed by atoms with E-state index in [2.05, 4.69) is 20.5 Å². The van der Waals surface area contributed by atoms with Gasteiger partial charge in [-0.3, -0.25) is 4.79 Å². The molecule has 3 aromatic rings. The molecule has 1 aromatic carbocycles. The molecule has 0 unspecified atom stereocenters. The highest BCUT2D eigenvalue weighted by Gasteiger charge is 2.13. The van der Waals surface area contributed by atoms with E-state index in [0.717, 1.165) is 11.8 Å². The largest absolute Gasteiger partial charge is 0.414 e. The SMILES string of the molecule is O=C(CSc1nnc(Cn2cnc(Cl)c2Cl)o1)Nc1ccc(Cl)cc1. The fourth-order valence-corrected chi connectivity index (χ4v) is 2.83. The molecule has 0 spiro atoms. The van der Waals surface area contributed by atoms with Gasteiger partial charge in [0.1, 0.15) is 11.7 Å². The average molecular weight is 419 g/mol. The Bertz CT molecular complexity index is 881. The monoisotopic (exact) mass is 417 g/mol. The number of carbonyl (C=O) groups is 1. The van der Waals surface area contributed by atoms with Crippen LogP contribution >= 0.6 is 46.6 Å². The van der Waals surface area contributed by atoms with Gasteiger partial charge in [0.15, 0.2) is 5.15 Å². The van der Waals surface area contributed by atoms with Gasteiger partial charge >= 0.3 is 0 Å². The molecule has 130 valence electrons. The maximum atomic E-state index is 11.9. The second-order valence-electron chi connectivity index (χ2n) is 4.76. The predicted octanol–water partition coefficient (Wildman–Crippen LogP) is 4.01. The molecule has 0 saturated carbocycles. The number of benzene rings is 1. The molecule has 2 heterocycles. The summed E-state index contributed by atoms with van der Waals surface area (Å²) >= 11 is 18.7. The van der Waals surface area contributed by atoms with Crippen LogP contribution in [-0.4, -0.2) is 31.4 Å². The molecule has 0 fully saturated rings. The highest BCUT2D eigenvalue weighted by molar-refractivity contribution is 7.99. The average Bonchev–Trinajstić information content (AvgIpc) is 3.17. The van der Waals surface area contributed by atoms with Gasteiger partial charge in [0.25, 0.3) is 5.22 Å². The Morgan fingerprint density at radius 1 is 1.20 bits per heavy atom. The van der Waals surface area contributed by atoms with E-state index >= 15 is 0 Å². The zero-order valence-electron chi connectivity index (χ0n) is 12.4. The van der Waals surface area contributed by atoms with Gasteiger partial charge in [-0.05, 0) is 24.3 Å². The number of halogens is 3. The minimum absolute atomic E-state index is 0.127. The van der Waals surface area contributed by atoms with E-state index in [-0.39, 0.29) is 33.7 Å². The Morgan fingerprint density at radius 2 is 1.96 bits per heavy atom. The Balaban J connectivity index is 1.52. The second kappa shape index (κ2) is 8.09. The molecule has 0 aliphatic carbocycles. The zero-order valence-corrected chi connectivity index (χ0v) is 15.5. The molecule has 0 atom stereocenters. The Hall–Kier alpha value is -1.74. The molecular weight excluding hydrogens is 409 g/mol. The number of nitrogens with one attached hydrogen (secondary N) is 1. The van der Waals surface area contributed by atoms with Gasteiger partial charge in [-0.25, -0.2) is 4.98 Å². The van der Waals surface area contributed by atoms with E-state index < -0.39 is 0 Å². The highest BCUT2D eigenvalue weighted by Crippen LogP contribution is 2.22. The van der Waals surface area contributed by atoms with Crippen molar-refractivity contribution in [2.75, 3.05) is 11.1 Å². The number of hydrogen-bond donors (Lipinski definition) is 1. The van der Waals surface area contributed by atoms with Crippen molar-refractivity contribution < 1.29 is 9.21 Å². The maximum Gasteiger partial charge on any atom is 0.277 e. The van der Waals surface area contributed by atoms with Crippen molar-refractivity contribution in [1.29, 1.82) is 0 Å². The summed E-state index contributed by atoms with van der Waals surface area (Å²) in [5.74, 6) is 0.259. The molecule has 7 nitrogen and oxygen atoms in total. The van der Waals surface area contributed by atoms with E-state index in [0.29, 0.717) is 16.6 Å². The molecule has 0 bridgehead atoms. The number of hydrogen-bond acceptors (Lipinski definition) is 6. The summed E-state index contributed by atoms with van der Waals surface area (Å²) in [7, 11) is 0. The van der Waals surface area contributed by atoms with Crippen LogP contribution in [-0.2, 0) is 11.3 Å². The van der Waals surface area contributed by atoms with Crippen LogP contribution in [0.15, 0.2) is 40.2 Å². The van der Waals surface area contributed by atoms with Crippen molar-refractivity contribution in [2.45, 2.75) is 11.8 Å². The topological polar surface area (TPSA) is 85.8 Å². The molecule has 2 aromatic heterocycles. The molecule has 3 rings (SSSR count). The second-order valence-corrected chi connectivity index (χ2v) is 6.84. The number of anilines is 1. The van der Waals surface area contributed by atoms with Crippen LogP contribution in [0.3, 0.4) is 0 Å². The summed E-state index contributed by atoms with van der Waals surface area (Å²) in [5, 5.41) is 11.9. The Kier molecular flexibility index (Phi) is 5.85. The summed E-state index contributed by atoms with van der Waals surface area (Å²) in [6, 6.07) is 6.83. The van der Waals surface area contributed by atoms with Gasteiger partial charge in [-0.2, -0.15) is 0 Å². The molecule has 0 aliphatic heterocycles. The summed E-state index contributed by atoms with van der Waals surface area (Å²) in [6.45, 7) is 0.239. The lowest BCUT2D eigenvalue weighted by atomic mass is 10.3. The first-order chi connectivity index (χ1) is 12.0. The Morgan fingerprint density at radius 3 is 2.64 bits per heavy atom. The van der Waals surface area contributed by atoms with Gasteiger partial charge in [0.05, 0.1) is 12.1 Å². The van der Waals surface area contributed by atoms with E-state index in [1.807, 2.05) is 0 Å². The van der Waals surface area contributed by atoms with Crippen molar-refractivity contribution in [2.24, 2.45) is 0 Å². The summed E-state index contributed by atoms with van der Waals surface area (Å²) in [6.07, 6.45) is 1.47. The quantitative estimate of drug-likeness (QED) is 0.609. The third-order valence-corrected chi connectivity index (χ3v) is 4.78. The van der Waals surface area contributed by atoms with Crippen LogP contribution in [0.25, 0.3) is 0 Å². The fraction of sp³-hybridized carbons (Fsp3) is 0.143. The van der Waals surface area contributed by atoms with Crippen LogP contribution in [0, 0.1) is 0 Å². The minimum atomic E-state index is -0.198. The molecular formula is C14H10Cl3N5O2S. The van der Waals surface area contributed by atoms with E-state index in [1.54, 1.807) is 28.8 Å². The van der Waals surface area contributed by atoms with Crippen molar-refractivity contribution in [1.82, 2.24) is 19.7 Å². The van der Waals surface area contributed by atoms with Gasteiger partial charge in [-0.1, -0.05) is 46.6 Å². The van der Waals surface area contributed by atoms with Gasteiger partial charge in [-0.15, -0.1) is 10.2 Å². The lowest BCUT2D eigenvalue weighted by molar-refractivity contribution is -0.113. The van der Waals surface area contributed by atoms with Crippen molar-refractivity contribution in [3.8, 4) is 0 Å². The molecule has 0 aliphatic rings. The highest BCUT2D eigenvalue weighted by atomic mass is 35.5. The van der Waals surface area contributed by atoms with Crippen LogP contribution < -0.4 is 5.32 Å². The number of rotatable bonds is 6. The summed E-state index contributed by atoms with van der Waals surface area (Å²) in [4.78, 5) is 15.8.